The normalized spacial score (nSPS) is 44.1. The number of hydrogen-bond donors (Lipinski definition) is 4. The zero-order valence-electron chi connectivity index (χ0n) is 21.5. The van der Waals surface area contributed by atoms with Crippen LogP contribution in [0.3, 0.4) is 0 Å². The van der Waals surface area contributed by atoms with Crippen molar-refractivity contribution in [2.75, 3.05) is 13.2 Å². The van der Waals surface area contributed by atoms with Crippen molar-refractivity contribution in [2.45, 2.75) is 97.2 Å². The van der Waals surface area contributed by atoms with E-state index in [0.29, 0.717) is 41.9 Å². The fraction of sp³-hybridized carbons (Fsp3) is 0.962. The van der Waals surface area contributed by atoms with E-state index in [1.807, 2.05) is 0 Å². The van der Waals surface area contributed by atoms with Gasteiger partial charge >= 0.3 is 10.4 Å². The highest BCUT2D eigenvalue weighted by Gasteiger charge is 2.62. The van der Waals surface area contributed by atoms with Gasteiger partial charge in [0.05, 0.1) is 18.8 Å². The van der Waals surface area contributed by atoms with Crippen LogP contribution in [0.25, 0.3) is 0 Å². The van der Waals surface area contributed by atoms with E-state index in [-0.39, 0.29) is 42.1 Å². The summed E-state index contributed by atoms with van der Waals surface area (Å²) in [7, 11) is -4.48. The minimum Gasteiger partial charge on any atom is -0.393 e. The molecule has 4 saturated carbocycles. The summed E-state index contributed by atoms with van der Waals surface area (Å²) in [5, 5.41) is 24.3. The highest BCUT2D eigenvalue weighted by molar-refractivity contribution is 7.80. The van der Waals surface area contributed by atoms with Gasteiger partial charge in [-0.1, -0.05) is 20.8 Å². The van der Waals surface area contributed by atoms with Gasteiger partial charge in [-0.15, -0.1) is 0 Å². The zero-order valence-corrected chi connectivity index (χ0v) is 22.3. The molecule has 4 N–H and O–H groups in total. The Labute approximate surface area is 210 Å². The van der Waals surface area contributed by atoms with Crippen molar-refractivity contribution in [1.29, 1.82) is 0 Å². The van der Waals surface area contributed by atoms with E-state index in [9.17, 15) is 23.4 Å². The first-order chi connectivity index (χ1) is 16.3. The van der Waals surface area contributed by atoms with Crippen LogP contribution in [0.4, 0.5) is 0 Å². The molecule has 9 heteroatoms. The SMILES string of the molecule is C[C@@H](CCC(=O)NCCOS(=O)(=O)O)[C@@H]1CC[C@@H]2[C@H]3[C@H](O)C[C@H]4C[C@@H](O)CC[C@]4(C)[C@@H]3CC[C@]21C. The molecule has 0 bridgehead atoms. The van der Waals surface area contributed by atoms with Crippen LogP contribution >= 0.6 is 0 Å². The topological polar surface area (TPSA) is 133 Å². The van der Waals surface area contributed by atoms with E-state index < -0.39 is 10.4 Å². The second-order valence-corrected chi connectivity index (χ2v) is 13.7. The molecule has 1 amide bonds. The Morgan fingerprint density at radius 2 is 1.74 bits per heavy atom. The maximum absolute atomic E-state index is 12.2. The second kappa shape index (κ2) is 10.2. The molecule has 0 spiro atoms. The van der Waals surface area contributed by atoms with Crippen molar-refractivity contribution in [3.8, 4) is 0 Å². The Bertz CT molecular complexity index is 881. The number of nitrogens with one attached hydrogen (secondary N) is 1. The number of amides is 1. The molecule has 0 saturated heterocycles. The van der Waals surface area contributed by atoms with Crippen LogP contribution in [0.2, 0.25) is 0 Å². The molecule has 0 aromatic rings. The zero-order chi connectivity index (χ0) is 25.6. The third-order valence-corrected chi connectivity index (χ3v) is 11.4. The first-order valence-corrected chi connectivity index (χ1v) is 15.0. The minimum absolute atomic E-state index is 0.0357. The highest BCUT2D eigenvalue weighted by atomic mass is 32.3. The quantitative estimate of drug-likeness (QED) is 0.288. The smallest absolute Gasteiger partial charge is 0.393 e. The highest BCUT2D eigenvalue weighted by Crippen LogP contribution is 2.68. The predicted octanol–water partition coefficient (Wildman–Crippen LogP) is 3.33. The molecular weight excluding hydrogens is 470 g/mol. The molecule has 4 fully saturated rings. The van der Waals surface area contributed by atoms with Gasteiger partial charge in [0.1, 0.15) is 0 Å². The Hall–Kier alpha value is -0.740. The summed E-state index contributed by atoms with van der Waals surface area (Å²) in [6, 6.07) is 0. The summed E-state index contributed by atoms with van der Waals surface area (Å²) >= 11 is 0. The molecule has 202 valence electrons. The molecule has 0 aliphatic heterocycles. The lowest BCUT2D eigenvalue weighted by Gasteiger charge is -2.62. The first-order valence-electron chi connectivity index (χ1n) is 13.6. The molecule has 10 atom stereocenters. The van der Waals surface area contributed by atoms with Gasteiger partial charge in [-0.25, -0.2) is 4.18 Å². The Kier molecular flexibility index (Phi) is 7.95. The predicted molar refractivity (Wildman–Crippen MR) is 132 cm³/mol. The van der Waals surface area contributed by atoms with Crippen molar-refractivity contribution in [1.82, 2.24) is 5.32 Å². The van der Waals surface area contributed by atoms with Gasteiger partial charge in [-0.2, -0.15) is 8.42 Å². The van der Waals surface area contributed by atoms with Gasteiger partial charge in [-0.05, 0) is 104 Å². The number of carbonyl (C=O) groups is 1. The summed E-state index contributed by atoms with van der Waals surface area (Å²) in [4.78, 5) is 12.2. The van der Waals surface area contributed by atoms with E-state index in [2.05, 4.69) is 30.3 Å². The van der Waals surface area contributed by atoms with Crippen molar-refractivity contribution >= 4 is 16.3 Å². The van der Waals surface area contributed by atoms with E-state index in [1.54, 1.807) is 0 Å². The summed E-state index contributed by atoms with van der Waals surface area (Å²) in [5.74, 6) is 2.58. The standard InChI is InChI=1S/C26H45NO7S/c1-16(4-7-23(30)27-12-13-34-35(31,32)33)19-5-6-20-24-21(9-11-26(19,20)3)25(2)10-8-18(28)14-17(25)15-22(24)29/h16-22,24,28-29H,4-15H2,1-3H3,(H,27,30)(H,31,32,33)/t16-,17+,18-,19-,20+,21+,22+,24+,25-,26-/m0/s1. The summed E-state index contributed by atoms with van der Waals surface area (Å²) in [6.45, 7) is 6.86. The largest absolute Gasteiger partial charge is 0.397 e. The molecule has 0 aromatic heterocycles. The Morgan fingerprint density at radius 1 is 1.06 bits per heavy atom. The average Bonchev–Trinajstić information content (AvgIpc) is 3.13. The van der Waals surface area contributed by atoms with Gasteiger partial charge in [0.25, 0.3) is 0 Å². The Morgan fingerprint density at radius 3 is 2.46 bits per heavy atom. The number of rotatable bonds is 8. The fourth-order valence-electron chi connectivity index (χ4n) is 9.16. The van der Waals surface area contributed by atoms with Gasteiger partial charge in [0.2, 0.25) is 5.91 Å². The summed E-state index contributed by atoms with van der Waals surface area (Å²) in [5.41, 5.74) is 0.407. The fourth-order valence-corrected chi connectivity index (χ4v) is 9.46. The van der Waals surface area contributed by atoms with E-state index >= 15 is 0 Å². The Balaban J connectivity index is 1.35. The summed E-state index contributed by atoms with van der Waals surface area (Å²) in [6.07, 6.45) is 8.87. The maximum atomic E-state index is 12.2. The molecule has 35 heavy (non-hydrogen) atoms. The molecular formula is C26H45NO7S. The lowest BCUT2D eigenvalue weighted by atomic mass is 9.43. The van der Waals surface area contributed by atoms with Crippen molar-refractivity contribution in [3.63, 3.8) is 0 Å². The molecule has 0 radical (unpaired) electrons. The molecule has 4 rings (SSSR count). The molecule has 0 aromatic carbocycles. The number of fused-ring (bicyclic) bond motifs is 5. The number of carbonyl (C=O) groups excluding carboxylic acids is 1. The molecule has 4 aliphatic rings. The number of aliphatic hydroxyl groups excluding tert-OH is 2. The van der Waals surface area contributed by atoms with Gasteiger partial charge in [0.15, 0.2) is 0 Å². The number of hydrogen-bond acceptors (Lipinski definition) is 6. The van der Waals surface area contributed by atoms with Gasteiger partial charge in [-0.3, -0.25) is 9.35 Å². The van der Waals surface area contributed by atoms with Crippen LogP contribution in [-0.4, -0.2) is 54.5 Å². The van der Waals surface area contributed by atoms with Crippen molar-refractivity contribution in [2.24, 2.45) is 46.3 Å². The van der Waals surface area contributed by atoms with Crippen LogP contribution < -0.4 is 5.32 Å². The third-order valence-electron chi connectivity index (χ3n) is 10.9. The summed E-state index contributed by atoms with van der Waals surface area (Å²) < 4.78 is 34.0. The average molecular weight is 516 g/mol. The monoisotopic (exact) mass is 515 g/mol. The van der Waals surface area contributed by atoms with Crippen LogP contribution in [0, 0.1) is 46.3 Å². The first kappa shape index (κ1) is 27.3. The van der Waals surface area contributed by atoms with Crippen molar-refractivity contribution in [3.05, 3.63) is 0 Å². The third kappa shape index (κ3) is 5.44. The molecule has 0 unspecified atom stereocenters. The van der Waals surface area contributed by atoms with Crippen LogP contribution in [-0.2, 0) is 19.4 Å². The van der Waals surface area contributed by atoms with Crippen LogP contribution in [0.5, 0.6) is 0 Å². The van der Waals surface area contributed by atoms with Crippen LogP contribution in [0.15, 0.2) is 0 Å². The van der Waals surface area contributed by atoms with E-state index in [4.69, 9.17) is 4.55 Å². The van der Waals surface area contributed by atoms with Crippen molar-refractivity contribution < 1.29 is 32.2 Å². The van der Waals surface area contributed by atoms with E-state index in [1.165, 1.54) is 6.42 Å². The van der Waals surface area contributed by atoms with Gasteiger partial charge < -0.3 is 15.5 Å². The molecule has 0 heterocycles. The lowest BCUT2D eigenvalue weighted by Crippen LogP contribution is -2.58. The van der Waals surface area contributed by atoms with E-state index in [0.717, 1.165) is 51.4 Å². The van der Waals surface area contributed by atoms with Crippen LogP contribution in [0.1, 0.15) is 85.0 Å². The maximum Gasteiger partial charge on any atom is 0.397 e. The second-order valence-electron chi connectivity index (χ2n) is 12.6. The number of aliphatic hydroxyl groups is 2. The molecule has 4 aliphatic carbocycles. The lowest BCUT2D eigenvalue weighted by molar-refractivity contribution is -0.174. The molecule has 8 nitrogen and oxygen atoms in total. The minimum atomic E-state index is -4.48. The van der Waals surface area contributed by atoms with Gasteiger partial charge in [0, 0.05) is 13.0 Å².